The van der Waals surface area contributed by atoms with Gasteiger partial charge in [-0.05, 0) is 39.7 Å². The Balaban J connectivity index is 1.81. The first-order chi connectivity index (χ1) is 6.81. The van der Waals surface area contributed by atoms with Crippen LogP contribution in [0.25, 0.3) is 0 Å². The highest BCUT2D eigenvalue weighted by Crippen LogP contribution is 2.33. The SMILES string of the molecule is C/C=C/CNC1CC2CCC(C1)N2C. The number of fused-ring (bicyclic) bond motifs is 2. The quantitative estimate of drug-likeness (QED) is 0.689. The van der Waals surface area contributed by atoms with E-state index in [1.165, 1.54) is 25.7 Å². The fraction of sp³-hybridized carbons (Fsp3) is 0.833. The predicted molar refractivity (Wildman–Crippen MR) is 60.4 cm³/mol. The van der Waals surface area contributed by atoms with Crippen LogP contribution in [0.2, 0.25) is 0 Å². The number of allylic oxidation sites excluding steroid dienone is 1. The van der Waals surface area contributed by atoms with Gasteiger partial charge >= 0.3 is 0 Å². The standard InChI is InChI=1S/C12H22N2/c1-3-4-7-13-10-8-11-5-6-12(9-10)14(11)2/h3-4,10-13H,5-9H2,1-2H3/b4-3+. The van der Waals surface area contributed by atoms with Gasteiger partial charge in [0.1, 0.15) is 0 Å². The molecule has 2 rings (SSSR count). The second-order valence-corrected chi connectivity index (χ2v) is 4.70. The molecule has 80 valence electrons. The van der Waals surface area contributed by atoms with E-state index in [1.54, 1.807) is 0 Å². The Labute approximate surface area is 87.4 Å². The maximum absolute atomic E-state index is 3.63. The van der Waals surface area contributed by atoms with Gasteiger partial charge in [-0.3, -0.25) is 0 Å². The van der Waals surface area contributed by atoms with Crippen molar-refractivity contribution in [2.45, 2.75) is 50.7 Å². The third kappa shape index (κ3) is 2.01. The van der Waals surface area contributed by atoms with Crippen LogP contribution in [-0.4, -0.2) is 36.6 Å². The van der Waals surface area contributed by atoms with Gasteiger partial charge in [-0.25, -0.2) is 0 Å². The maximum Gasteiger partial charge on any atom is 0.0137 e. The number of hydrogen-bond donors (Lipinski definition) is 1. The minimum atomic E-state index is 0.764. The average molecular weight is 194 g/mol. The van der Waals surface area contributed by atoms with E-state index in [4.69, 9.17) is 0 Å². The Kier molecular flexibility index (Phi) is 3.24. The van der Waals surface area contributed by atoms with Crippen LogP contribution in [0.1, 0.15) is 32.6 Å². The maximum atomic E-state index is 3.63. The summed E-state index contributed by atoms with van der Waals surface area (Å²) in [7, 11) is 2.30. The fourth-order valence-corrected chi connectivity index (χ4v) is 2.93. The normalized spacial score (nSPS) is 38.3. The van der Waals surface area contributed by atoms with Crippen LogP contribution in [0.5, 0.6) is 0 Å². The molecule has 14 heavy (non-hydrogen) atoms. The van der Waals surface area contributed by atoms with Crippen molar-refractivity contribution in [3.8, 4) is 0 Å². The first kappa shape index (κ1) is 10.2. The Bertz CT molecular complexity index is 198. The van der Waals surface area contributed by atoms with E-state index >= 15 is 0 Å². The van der Waals surface area contributed by atoms with Gasteiger partial charge in [0.25, 0.3) is 0 Å². The molecule has 0 aromatic heterocycles. The van der Waals surface area contributed by atoms with E-state index < -0.39 is 0 Å². The fourth-order valence-electron chi connectivity index (χ4n) is 2.93. The number of nitrogens with zero attached hydrogens (tertiary/aromatic N) is 1. The van der Waals surface area contributed by atoms with Crippen LogP contribution in [0.15, 0.2) is 12.2 Å². The summed E-state index contributed by atoms with van der Waals surface area (Å²) in [5.74, 6) is 0. The first-order valence-electron chi connectivity index (χ1n) is 5.87. The molecule has 2 atom stereocenters. The van der Waals surface area contributed by atoms with Gasteiger partial charge in [0.2, 0.25) is 0 Å². The Morgan fingerprint density at radius 1 is 1.29 bits per heavy atom. The molecule has 1 N–H and O–H groups in total. The lowest BCUT2D eigenvalue weighted by atomic mass is 9.98. The predicted octanol–water partition coefficient (Wildman–Crippen LogP) is 1.78. The van der Waals surface area contributed by atoms with Crippen molar-refractivity contribution in [2.75, 3.05) is 13.6 Å². The smallest absolute Gasteiger partial charge is 0.0137 e. The van der Waals surface area contributed by atoms with Gasteiger partial charge in [-0.2, -0.15) is 0 Å². The molecule has 0 aliphatic carbocycles. The van der Waals surface area contributed by atoms with E-state index in [1.807, 2.05) is 0 Å². The zero-order valence-corrected chi connectivity index (χ0v) is 9.37. The Morgan fingerprint density at radius 2 is 1.93 bits per heavy atom. The topological polar surface area (TPSA) is 15.3 Å². The van der Waals surface area contributed by atoms with Crippen molar-refractivity contribution >= 4 is 0 Å². The van der Waals surface area contributed by atoms with Gasteiger partial charge in [-0.15, -0.1) is 0 Å². The molecule has 2 saturated heterocycles. The Hall–Kier alpha value is -0.340. The van der Waals surface area contributed by atoms with Crippen molar-refractivity contribution in [3.63, 3.8) is 0 Å². The second kappa shape index (κ2) is 4.45. The number of hydrogen-bond acceptors (Lipinski definition) is 2. The summed E-state index contributed by atoms with van der Waals surface area (Å²) >= 11 is 0. The van der Waals surface area contributed by atoms with Crippen LogP contribution in [0.3, 0.4) is 0 Å². The number of rotatable bonds is 3. The number of piperidine rings is 1. The summed E-state index contributed by atoms with van der Waals surface area (Å²) in [6, 6.07) is 2.48. The van der Waals surface area contributed by atoms with Crippen LogP contribution in [0, 0.1) is 0 Å². The van der Waals surface area contributed by atoms with Crippen molar-refractivity contribution in [3.05, 3.63) is 12.2 Å². The summed E-state index contributed by atoms with van der Waals surface area (Å²) in [6.45, 7) is 3.13. The molecule has 2 bridgehead atoms. The third-order valence-electron chi connectivity index (χ3n) is 3.86. The lowest BCUT2D eigenvalue weighted by Gasteiger charge is -2.36. The van der Waals surface area contributed by atoms with E-state index in [-0.39, 0.29) is 0 Å². The molecule has 0 spiro atoms. The van der Waals surface area contributed by atoms with Crippen LogP contribution in [0.4, 0.5) is 0 Å². The molecule has 2 heteroatoms. The molecular formula is C12H22N2. The second-order valence-electron chi connectivity index (χ2n) is 4.70. The van der Waals surface area contributed by atoms with Crippen LogP contribution >= 0.6 is 0 Å². The van der Waals surface area contributed by atoms with Gasteiger partial charge < -0.3 is 10.2 Å². The minimum absolute atomic E-state index is 0.764. The highest BCUT2D eigenvalue weighted by atomic mass is 15.2. The molecule has 0 saturated carbocycles. The van der Waals surface area contributed by atoms with Gasteiger partial charge in [0.15, 0.2) is 0 Å². The lowest BCUT2D eigenvalue weighted by molar-refractivity contribution is 0.150. The van der Waals surface area contributed by atoms with Crippen LogP contribution < -0.4 is 5.32 Å². The molecule has 2 heterocycles. The van der Waals surface area contributed by atoms with Crippen molar-refractivity contribution < 1.29 is 0 Å². The van der Waals surface area contributed by atoms with Crippen molar-refractivity contribution in [1.29, 1.82) is 0 Å². The van der Waals surface area contributed by atoms with Gasteiger partial charge in [0.05, 0.1) is 0 Å². The number of nitrogens with one attached hydrogen (secondary N) is 1. The molecule has 2 aliphatic rings. The van der Waals surface area contributed by atoms with E-state index in [9.17, 15) is 0 Å². The highest BCUT2D eigenvalue weighted by Gasteiger charge is 2.37. The van der Waals surface area contributed by atoms with Crippen molar-refractivity contribution in [1.82, 2.24) is 10.2 Å². The molecular weight excluding hydrogens is 172 g/mol. The monoisotopic (exact) mass is 194 g/mol. The van der Waals surface area contributed by atoms with Gasteiger partial charge in [-0.1, -0.05) is 12.2 Å². The third-order valence-corrected chi connectivity index (χ3v) is 3.86. The van der Waals surface area contributed by atoms with Gasteiger partial charge in [0, 0.05) is 24.7 Å². The van der Waals surface area contributed by atoms with Crippen LogP contribution in [-0.2, 0) is 0 Å². The largest absolute Gasteiger partial charge is 0.310 e. The summed E-state index contributed by atoms with van der Waals surface area (Å²) < 4.78 is 0. The molecule has 2 fully saturated rings. The zero-order chi connectivity index (χ0) is 9.97. The molecule has 0 radical (unpaired) electrons. The zero-order valence-electron chi connectivity index (χ0n) is 9.37. The Morgan fingerprint density at radius 3 is 2.50 bits per heavy atom. The molecule has 2 unspecified atom stereocenters. The minimum Gasteiger partial charge on any atom is -0.310 e. The first-order valence-corrected chi connectivity index (χ1v) is 5.87. The van der Waals surface area contributed by atoms with E-state index in [0.29, 0.717) is 0 Å². The summed E-state index contributed by atoms with van der Waals surface area (Å²) in [5, 5.41) is 3.63. The molecule has 0 amide bonds. The molecule has 0 aromatic carbocycles. The van der Waals surface area contributed by atoms with E-state index in [2.05, 4.69) is 36.3 Å². The highest BCUT2D eigenvalue weighted by molar-refractivity contribution is 4.96. The van der Waals surface area contributed by atoms with E-state index in [0.717, 1.165) is 24.7 Å². The molecule has 0 aromatic rings. The summed E-state index contributed by atoms with van der Waals surface area (Å²) in [4.78, 5) is 2.59. The molecule has 2 aliphatic heterocycles. The summed E-state index contributed by atoms with van der Waals surface area (Å²) in [6.07, 6.45) is 9.87. The lowest BCUT2D eigenvalue weighted by Crippen LogP contribution is -2.47. The van der Waals surface area contributed by atoms with Crippen molar-refractivity contribution in [2.24, 2.45) is 0 Å². The summed E-state index contributed by atoms with van der Waals surface area (Å²) in [5.41, 5.74) is 0. The average Bonchev–Trinajstić information content (AvgIpc) is 2.41. The molecule has 2 nitrogen and oxygen atoms in total.